The number of aromatic amines is 1. The van der Waals surface area contributed by atoms with Gasteiger partial charge in [0.2, 0.25) is 88.6 Å². The number of hydrogen-bond acceptors (Lipinski definition) is 19. The number of nitrogens with one attached hydrogen (secondary N) is 10. The number of carbonyl (C=O) groups is 16. The molecule has 3 fully saturated rings. The standard InChI is InChI=1S/C93H119F4N17O18S/c1-9-10-23-73-92(131)114-37-18-25-72(114)86(125)103-64(34-35-98)82(121)109-80(52(4)5)93(132)111(7)74(43-53-19-12-11-13-20-53)88(127)107-69(46-78(118)119)90(129)113-36-17-16-24-71(113)87(126)106-67(45-57-47-100-63-22-15-14-21-60(57)63)85(124)105-66(41-54-28-32-59(115)33-29-54)84(123)104-65(38-51(2)3)83(122)108-70(81(120)101-48-76(99)116)49-133-50-77(117)102-68(42-56-39-61(95)79(97)62(96)40-56)89(128)112(8)75(91(130)110(73)6)44-55-26-30-58(94)31-27-55/h11-15,19-22,26-33,39-40,47,51-52,64-75,80,100,115H,9-10,16-18,23-25,34-38,41-46,48-50,98H2,1-8H3,(H2,99,116)(H,101,120)(H,102,117)(H,103,125)(H,104,123)(H,105,124)(H,106,126)(H,107,127)(H,108,122)(H,109,121)(H,118,119)/t64-,65-,66-,67-,68-,69-,70-,71+,72+,73-,74-,75-,80-/m0/s1. The number of likely N-dealkylation sites (N-methyl/N-ethyl adjacent to an activating group) is 3. The molecule has 4 heterocycles. The predicted octanol–water partition coefficient (Wildman–Crippen LogP) is 2.74. The lowest BCUT2D eigenvalue weighted by Crippen LogP contribution is -2.63. The third-order valence-corrected chi connectivity index (χ3v) is 24.8. The Balaban J connectivity index is 1.13. The number of para-hydroxylation sites is 1. The van der Waals surface area contributed by atoms with Crippen LogP contribution in [0.5, 0.6) is 5.75 Å². The van der Waals surface area contributed by atoms with Crippen molar-refractivity contribution >= 4 is 117 Å². The fourth-order valence-corrected chi connectivity index (χ4v) is 17.4. The molecule has 15 amide bonds. The number of nitrogens with zero attached hydrogens (tertiary/aromatic N) is 5. The lowest BCUT2D eigenvalue weighted by atomic mass is 9.97. The summed E-state index contributed by atoms with van der Waals surface area (Å²) in [7, 11) is 3.69. The van der Waals surface area contributed by atoms with Gasteiger partial charge in [-0.1, -0.05) is 120 Å². The largest absolute Gasteiger partial charge is 0.508 e. The molecular formula is C93H119F4N17O18S. The number of piperidine rings is 1. The molecular weight excluding hydrogens is 1750 g/mol. The molecule has 0 aliphatic carbocycles. The van der Waals surface area contributed by atoms with Gasteiger partial charge >= 0.3 is 5.97 Å². The van der Waals surface area contributed by atoms with Gasteiger partial charge in [0.25, 0.3) is 0 Å². The fourth-order valence-electron chi connectivity index (χ4n) is 16.5. The second kappa shape index (κ2) is 48.9. The number of rotatable bonds is 23. The van der Waals surface area contributed by atoms with Crippen molar-refractivity contribution in [3.05, 3.63) is 173 Å². The number of phenolic OH excluding ortho intramolecular Hbond substituents is 1. The summed E-state index contributed by atoms with van der Waals surface area (Å²) in [6.07, 6.45) is -0.551. The minimum absolute atomic E-state index is 0.0303. The number of phenols is 1. The summed E-state index contributed by atoms with van der Waals surface area (Å²) in [6, 6.07) is 5.81. The minimum Gasteiger partial charge on any atom is -0.508 e. The molecule has 3 aliphatic heterocycles. The fraction of sp³-hybridized carbons (Fsp3) is 0.484. The Kier molecular flexibility index (Phi) is 38.2. The maximum absolute atomic E-state index is 15.7. The van der Waals surface area contributed by atoms with Gasteiger partial charge in [0.05, 0.1) is 18.7 Å². The number of carbonyl (C=O) groups excluding carboxylic acids is 15. The van der Waals surface area contributed by atoms with E-state index in [1.54, 1.807) is 95.4 Å². The number of carboxylic acids is 1. The highest BCUT2D eigenvalue weighted by molar-refractivity contribution is 8.00. The van der Waals surface area contributed by atoms with Crippen LogP contribution in [0.1, 0.15) is 133 Å². The van der Waals surface area contributed by atoms with Crippen molar-refractivity contribution in [2.75, 3.05) is 58.8 Å². The highest BCUT2D eigenvalue weighted by Gasteiger charge is 2.46. The normalized spacial score (nSPS) is 23.7. The Morgan fingerprint density at radius 2 is 1.06 bits per heavy atom. The van der Waals surface area contributed by atoms with Crippen molar-refractivity contribution in [1.82, 2.24) is 77.3 Å². The molecule has 0 saturated carbocycles. The molecule has 0 bridgehead atoms. The summed E-state index contributed by atoms with van der Waals surface area (Å²) in [6.45, 7) is 7.13. The topological polar surface area (TPSA) is 506 Å². The van der Waals surface area contributed by atoms with Crippen molar-refractivity contribution in [3.63, 3.8) is 0 Å². The SMILES string of the molecule is CCCC[C@H]1C(=O)N2CCC[C@@H]2C(=O)N[C@@H](CCN)C(=O)N[C@@H](C(C)C)C(=O)N(C)[C@@H](Cc2ccccc2)C(=O)N[C@@H](CC(=O)O)C(=O)N2CCCC[C@@H]2C(=O)N[C@@H](Cc2c[nH]c3ccccc23)C(=O)N[C@@H](Cc2ccc(O)cc2)C(=O)N[C@@H](CC(C)C)C(=O)N[C@H](C(=O)NCC(N)=O)CSCC(=O)N[C@@H](Cc2cc(F)c(F)c(F)c2)C(=O)N(C)[C@@H](Cc2ccc(F)cc2)C(=O)N1C. The van der Waals surface area contributed by atoms with E-state index in [1.165, 1.54) is 55.4 Å². The maximum atomic E-state index is 15.7. The van der Waals surface area contributed by atoms with Crippen molar-refractivity contribution in [2.45, 2.75) is 216 Å². The van der Waals surface area contributed by atoms with Gasteiger partial charge in [0, 0.05) is 89.2 Å². The highest BCUT2D eigenvalue weighted by atomic mass is 32.2. The van der Waals surface area contributed by atoms with Crippen LogP contribution in [0.4, 0.5) is 17.6 Å². The van der Waals surface area contributed by atoms with Gasteiger partial charge in [-0.15, -0.1) is 11.8 Å². The van der Waals surface area contributed by atoms with Crippen molar-refractivity contribution in [2.24, 2.45) is 23.3 Å². The van der Waals surface area contributed by atoms with E-state index in [2.05, 4.69) is 52.8 Å². The number of amides is 15. The number of aromatic nitrogens is 1. The summed E-state index contributed by atoms with van der Waals surface area (Å²) < 4.78 is 59.8. The summed E-state index contributed by atoms with van der Waals surface area (Å²) in [5.41, 5.74) is 13.3. The molecule has 0 spiro atoms. The zero-order chi connectivity index (χ0) is 97.2. The van der Waals surface area contributed by atoms with Crippen LogP contribution in [0.2, 0.25) is 0 Å². The van der Waals surface area contributed by atoms with E-state index in [9.17, 15) is 47.8 Å². The van der Waals surface area contributed by atoms with Crippen LogP contribution >= 0.6 is 11.8 Å². The summed E-state index contributed by atoms with van der Waals surface area (Å²) >= 11 is 0.655. The molecule has 0 unspecified atom stereocenters. The summed E-state index contributed by atoms with van der Waals surface area (Å²) in [5.74, 6) is -24.8. The van der Waals surface area contributed by atoms with Gasteiger partial charge in [0.1, 0.15) is 90.1 Å². The first-order valence-corrected chi connectivity index (χ1v) is 45.5. The van der Waals surface area contributed by atoms with E-state index in [0.29, 0.717) is 70.8 Å². The smallest absolute Gasteiger partial charge is 0.305 e. The van der Waals surface area contributed by atoms with Crippen LogP contribution in [-0.2, 0) is 109 Å². The number of halogens is 4. The molecule has 13 atom stereocenters. The second-order valence-electron chi connectivity index (χ2n) is 34.5. The number of nitrogens with two attached hydrogens (primary N) is 2. The summed E-state index contributed by atoms with van der Waals surface area (Å²) in [5, 5.41) is 45.2. The molecule has 133 heavy (non-hydrogen) atoms. The molecule has 3 aliphatic rings. The third-order valence-electron chi connectivity index (χ3n) is 23.8. The van der Waals surface area contributed by atoms with E-state index < -0.39 is 246 Å². The molecule has 0 radical (unpaired) electrons. The van der Waals surface area contributed by atoms with Gasteiger partial charge in [-0.25, -0.2) is 17.6 Å². The van der Waals surface area contributed by atoms with Gasteiger partial charge in [-0.3, -0.25) is 76.7 Å². The Labute approximate surface area is 771 Å². The number of hydrogen-bond donors (Lipinski definition) is 14. The minimum atomic E-state index is -1.94. The number of aromatic hydroxyl groups is 1. The van der Waals surface area contributed by atoms with Gasteiger partial charge in [0.15, 0.2) is 17.5 Å². The van der Waals surface area contributed by atoms with E-state index in [-0.39, 0.29) is 101 Å². The Morgan fingerprint density at radius 1 is 0.526 bits per heavy atom. The van der Waals surface area contributed by atoms with E-state index in [1.807, 2.05) is 0 Å². The Bertz CT molecular complexity index is 5150. The molecule has 5 aromatic carbocycles. The predicted molar refractivity (Wildman–Crippen MR) is 483 cm³/mol. The van der Waals surface area contributed by atoms with Crippen molar-refractivity contribution in [1.29, 1.82) is 0 Å². The van der Waals surface area contributed by atoms with Crippen LogP contribution < -0.4 is 59.3 Å². The number of unbranched alkanes of at least 4 members (excludes halogenated alkanes) is 1. The number of carboxylic acid groups (broad SMARTS) is 1. The van der Waals surface area contributed by atoms with Crippen LogP contribution in [0.3, 0.4) is 0 Å². The molecule has 35 nitrogen and oxygen atoms in total. The molecule has 6 aromatic rings. The van der Waals surface area contributed by atoms with E-state index >= 15 is 56.7 Å². The molecule has 718 valence electrons. The number of thioether (sulfide) groups is 1. The molecule has 3 saturated heterocycles. The van der Waals surface area contributed by atoms with E-state index in [4.69, 9.17) is 11.5 Å². The molecule has 40 heteroatoms. The number of H-pyrrole nitrogens is 1. The molecule has 16 N–H and O–H groups in total. The molecule has 9 rings (SSSR count). The van der Waals surface area contributed by atoms with Gasteiger partial charge < -0.3 is 99.0 Å². The lowest BCUT2D eigenvalue weighted by molar-refractivity contribution is -0.152. The second-order valence-corrected chi connectivity index (χ2v) is 35.6. The van der Waals surface area contributed by atoms with Gasteiger partial charge in [-0.2, -0.15) is 0 Å². The number of benzene rings is 5. The average Bonchev–Trinajstić information content (AvgIpc) is 1.80. The Hall–Kier alpha value is -13.0. The average molecular weight is 1870 g/mol. The van der Waals surface area contributed by atoms with Crippen LogP contribution in [-0.4, -0.2) is 272 Å². The first-order valence-electron chi connectivity index (χ1n) is 44.4. The number of aliphatic carboxylic acids is 1. The highest BCUT2D eigenvalue weighted by Crippen LogP contribution is 2.29. The van der Waals surface area contributed by atoms with Crippen LogP contribution in [0, 0.1) is 35.1 Å². The first-order chi connectivity index (χ1) is 63.2. The number of primary amides is 1. The monoisotopic (exact) mass is 1870 g/mol. The number of fused-ring (bicyclic) bond motifs is 3. The first kappa shape index (κ1) is 104. The van der Waals surface area contributed by atoms with E-state index in [0.717, 1.165) is 38.8 Å². The maximum Gasteiger partial charge on any atom is 0.305 e. The van der Waals surface area contributed by atoms with Crippen LogP contribution in [0.15, 0.2) is 121 Å². The lowest BCUT2D eigenvalue weighted by Gasteiger charge is -2.38. The molecule has 1 aromatic heterocycles. The van der Waals surface area contributed by atoms with Crippen molar-refractivity contribution in [3.8, 4) is 5.75 Å². The van der Waals surface area contributed by atoms with Crippen molar-refractivity contribution < 1.29 is 104 Å². The third kappa shape index (κ3) is 28.8. The quantitative estimate of drug-likeness (QED) is 0.0324. The van der Waals surface area contributed by atoms with Crippen LogP contribution in [0.25, 0.3) is 10.9 Å². The Morgan fingerprint density at radius 3 is 1.69 bits per heavy atom. The zero-order valence-corrected chi connectivity index (χ0v) is 76.3. The summed E-state index contributed by atoms with van der Waals surface area (Å²) in [4.78, 5) is 246. The zero-order valence-electron chi connectivity index (χ0n) is 75.5. The van der Waals surface area contributed by atoms with Gasteiger partial charge in [-0.05, 0) is 140 Å².